The summed E-state index contributed by atoms with van der Waals surface area (Å²) in [5, 5.41) is 0.543. The normalized spacial score (nSPS) is 17.6. The minimum Gasteiger partial charge on any atom is -0.346 e. The highest BCUT2D eigenvalue weighted by molar-refractivity contribution is 5.77. The smallest absolute Gasteiger partial charge is 0.346 e. The predicted octanol–water partition coefficient (Wildman–Crippen LogP) is 3.69. The molecular weight excluding hydrogens is 357 g/mol. The molecule has 1 aliphatic rings. The summed E-state index contributed by atoms with van der Waals surface area (Å²) in [7, 11) is 1.67. The maximum absolute atomic E-state index is 12.8. The molecule has 1 aliphatic heterocycles. The molecule has 1 fully saturated rings. The zero-order valence-corrected chi connectivity index (χ0v) is 14.6. The van der Waals surface area contributed by atoms with Gasteiger partial charge in [0.1, 0.15) is 11.6 Å². The van der Waals surface area contributed by atoms with Crippen LogP contribution in [0.5, 0.6) is 0 Å². The highest BCUT2D eigenvalue weighted by atomic mass is 19.4. The van der Waals surface area contributed by atoms with Crippen molar-refractivity contribution in [2.75, 3.05) is 11.4 Å². The molecule has 0 radical (unpaired) electrons. The first-order valence-electron chi connectivity index (χ1n) is 8.62. The van der Waals surface area contributed by atoms with E-state index in [9.17, 15) is 18.0 Å². The molecule has 1 atom stereocenters. The molecule has 0 N–H and O–H groups in total. The minimum absolute atomic E-state index is 0.136. The molecule has 0 amide bonds. The monoisotopic (exact) mass is 374 g/mol. The zero-order valence-electron chi connectivity index (χ0n) is 14.6. The van der Waals surface area contributed by atoms with Crippen LogP contribution in [0.25, 0.3) is 10.9 Å². The molecule has 8 heteroatoms. The van der Waals surface area contributed by atoms with Crippen LogP contribution in [0.3, 0.4) is 0 Å². The van der Waals surface area contributed by atoms with Gasteiger partial charge >= 0.3 is 6.18 Å². The van der Waals surface area contributed by atoms with E-state index in [0.29, 0.717) is 29.1 Å². The van der Waals surface area contributed by atoms with Gasteiger partial charge in [0, 0.05) is 19.8 Å². The quantitative estimate of drug-likeness (QED) is 0.687. The number of para-hydroxylation sites is 1. The highest BCUT2D eigenvalue weighted by Gasteiger charge is 2.33. The lowest BCUT2D eigenvalue weighted by Crippen LogP contribution is -2.31. The van der Waals surface area contributed by atoms with Crippen LogP contribution in [0.2, 0.25) is 0 Å². The summed E-state index contributed by atoms with van der Waals surface area (Å²) < 4.78 is 39.9. The van der Waals surface area contributed by atoms with Crippen LogP contribution in [-0.2, 0) is 13.2 Å². The lowest BCUT2D eigenvalue weighted by molar-refractivity contribution is -0.137. The number of hydrogen-bond acceptors (Lipinski definition) is 4. The Kier molecular flexibility index (Phi) is 4.13. The number of anilines is 1. The molecule has 1 aromatic carbocycles. The Hall–Kier alpha value is -2.90. The molecule has 3 aromatic rings. The standard InChI is InChI=1S/C19H17F3N4O/c1-25-17(24-14-6-3-2-5-13(14)18(25)27)15-7-4-10-26(15)16-9-8-12(11-23-16)19(20,21)22/h2-3,5-6,8-9,11,15H,4,7,10H2,1H3. The first-order valence-corrected chi connectivity index (χ1v) is 8.62. The fourth-order valence-electron chi connectivity index (χ4n) is 3.57. The molecule has 1 saturated heterocycles. The lowest BCUT2D eigenvalue weighted by Gasteiger charge is -2.27. The van der Waals surface area contributed by atoms with Crippen molar-refractivity contribution in [1.82, 2.24) is 14.5 Å². The van der Waals surface area contributed by atoms with Gasteiger partial charge in [0.25, 0.3) is 5.56 Å². The molecule has 5 nitrogen and oxygen atoms in total. The molecule has 140 valence electrons. The van der Waals surface area contributed by atoms with Crippen molar-refractivity contribution in [3.8, 4) is 0 Å². The van der Waals surface area contributed by atoms with Crippen LogP contribution in [-0.4, -0.2) is 21.1 Å². The Morgan fingerprint density at radius 1 is 1.15 bits per heavy atom. The number of aromatic nitrogens is 3. The highest BCUT2D eigenvalue weighted by Crippen LogP contribution is 2.35. The van der Waals surface area contributed by atoms with Crippen LogP contribution < -0.4 is 10.5 Å². The van der Waals surface area contributed by atoms with Crippen molar-refractivity contribution in [2.45, 2.75) is 25.1 Å². The van der Waals surface area contributed by atoms with Crippen molar-refractivity contribution in [3.05, 3.63) is 64.3 Å². The summed E-state index contributed by atoms with van der Waals surface area (Å²) in [5.74, 6) is 1.05. The first kappa shape index (κ1) is 17.5. The second-order valence-corrected chi connectivity index (χ2v) is 6.61. The largest absolute Gasteiger partial charge is 0.417 e. The zero-order chi connectivity index (χ0) is 19.2. The second-order valence-electron chi connectivity index (χ2n) is 6.61. The fourth-order valence-corrected chi connectivity index (χ4v) is 3.57. The van der Waals surface area contributed by atoms with Gasteiger partial charge in [-0.3, -0.25) is 9.36 Å². The number of rotatable bonds is 2. The van der Waals surface area contributed by atoms with Crippen LogP contribution >= 0.6 is 0 Å². The average Bonchev–Trinajstić information content (AvgIpc) is 3.13. The molecule has 0 bridgehead atoms. The minimum atomic E-state index is -4.42. The van der Waals surface area contributed by atoms with Crippen molar-refractivity contribution in [3.63, 3.8) is 0 Å². The van der Waals surface area contributed by atoms with Crippen LogP contribution in [0.4, 0.5) is 19.0 Å². The third-order valence-corrected chi connectivity index (χ3v) is 4.94. The lowest BCUT2D eigenvalue weighted by atomic mass is 10.1. The molecule has 27 heavy (non-hydrogen) atoms. The van der Waals surface area contributed by atoms with E-state index in [0.717, 1.165) is 25.1 Å². The van der Waals surface area contributed by atoms with E-state index >= 15 is 0 Å². The number of alkyl halides is 3. The van der Waals surface area contributed by atoms with E-state index < -0.39 is 11.7 Å². The summed E-state index contributed by atoms with van der Waals surface area (Å²) in [5.41, 5.74) is -0.302. The molecule has 4 rings (SSSR count). The molecular formula is C19H17F3N4O. The van der Waals surface area contributed by atoms with E-state index in [1.165, 1.54) is 10.6 Å². The Labute approximate surface area is 153 Å². The number of hydrogen-bond donors (Lipinski definition) is 0. The molecule has 0 saturated carbocycles. The van der Waals surface area contributed by atoms with Gasteiger partial charge in [0.15, 0.2) is 0 Å². The van der Waals surface area contributed by atoms with E-state index in [4.69, 9.17) is 0 Å². The number of benzene rings is 1. The van der Waals surface area contributed by atoms with Gasteiger partial charge in [-0.1, -0.05) is 12.1 Å². The molecule has 3 heterocycles. The Balaban J connectivity index is 1.75. The topological polar surface area (TPSA) is 51.0 Å². The summed E-state index contributed by atoms with van der Waals surface area (Å²) in [6.45, 7) is 0.645. The Bertz CT molecular complexity index is 1040. The van der Waals surface area contributed by atoms with Gasteiger partial charge in [-0.25, -0.2) is 9.97 Å². The van der Waals surface area contributed by atoms with Crippen LogP contribution in [0.15, 0.2) is 47.4 Å². The molecule has 2 aromatic heterocycles. The van der Waals surface area contributed by atoms with E-state index in [2.05, 4.69) is 9.97 Å². The summed E-state index contributed by atoms with van der Waals surface area (Å²) in [6, 6.07) is 9.33. The van der Waals surface area contributed by atoms with Gasteiger partial charge in [-0.15, -0.1) is 0 Å². The summed E-state index contributed by atoms with van der Waals surface area (Å²) in [6.07, 6.45) is -1.98. The van der Waals surface area contributed by atoms with E-state index in [-0.39, 0.29) is 11.6 Å². The summed E-state index contributed by atoms with van der Waals surface area (Å²) >= 11 is 0. The third-order valence-electron chi connectivity index (χ3n) is 4.94. The van der Waals surface area contributed by atoms with Gasteiger partial charge < -0.3 is 4.90 Å². The Morgan fingerprint density at radius 3 is 2.63 bits per heavy atom. The van der Waals surface area contributed by atoms with Crippen molar-refractivity contribution in [1.29, 1.82) is 0 Å². The molecule has 1 unspecified atom stereocenters. The Morgan fingerprint density at radius 2 is 1.93 bits per heavy atom. The second kappa shape index (κ2) is 6.37. The van der Waals surface area contributed by atoms with Gasteiger partial charge in [-0.2, -0.15) is 13.2 Å². The van der Waals surface area contributed by atoms with Crippen molar-refractivity contribution >= 4 is 16.7 Å². The van der Waals surface area contributed by atoms with E-state index in [1.807, 2.05) is 11.0 Å². The third kappa shape index (κ3) is 3.05. The maximum atomic E-state index is 12.8. The molecule has 0 spiro atoms. The maximum Gasteiger partial charge on any atom is 0.417 e. The van der Waals surface area contributed by atoms with Crippen molar-refractivity contribution < 1.29 is 13.2 Å². The SMILES string of the molecule is Cn1c(C2CCCN2c2ccc(C(F)(F)F)cn2)nc2ccccc2c1=O. The number of pyridine rings is 1. The van der Waals surface area contributed by atoms with E-state index in [1.54, 1.807) is 25.2 Å². The predicted molar refractivity (Wildman–Crippen MR) is 95.5 cm³/mol. The van der Waals surface area contributed by atoms with Crippen LogP contribution in [0.1, 0.15) is 30.3 Å². The first-order chi connectivity index (χ1) is 12.9. The van der Waals surface area contributed by atoms with Crippen molar-refractivity contribution in [2.24, 2.45) is 7.05 Å². The number of fused-ring (bicyclic) bond motifs is 1. The van der Waals surface area contributed by atoms with Gasteiger partial charge in [0.2, 0.25) is 0 Å². The van der Waals surface area contributed by atoms with Gasteiger partial charge in [0.05, 0.1) is 22.5 Å². The molecule has 0 aliphatic carbocycles. The fraction of sp³-hybridized carbons (Fsp3) is 0.316. The average molecular weight is 374 g/mol. The number of nitrogens with zero attached hydrogens (tertiary/aromatic N) is 4. The van der Waals surface area contributed by atoms with Crippen LogP contribution in [0, 0.1) is 0 Å². The van der Waals surface area contributed by atoms with Gasteiger partial charge in [-0.05, 0) is 37.1 Å². The number of halogens is 3. The summed E-state index contributed by atoms with van der Waals surface area (Å²) in [4.78, 5) is 23.3.